The van der Waals surface area contributed by atoms with Gasteiger partial charge in [-0.15, -0.1) is 0 Å². The van der Waals surface area contributed by atoms with Gasteiger partial charge in [0.25, 0.3) is 0 Å². The SMILES string of the molecule is O=C1CCCN1CCNCc1ccc(OCc2ccccn2)cc1. The predicted octanol–water partition coefficient (Wildman–Crippen LogP) is 2.37. The van der Waals surface area contributed by atoms with Gasteiger partial charge >= 0.3 is 0 Å². The minimum absolute atomic E-state index is 0.284. The maximum atomic E-state index is 11.5. The van der Waals surface area contributed by atoms with Crippen molar-refractivity contribution in [3.63, 3.8) is 0 Å². The van der Waals surface area contributed by atoms with E-state index in [9.17, 15) is 4.79 Å². The molecule has 5 heteroatoms. The van der Waals surface area contributed by atoms with Crippen LogP contribution in [0.1, 0.15) is 24.1 Å². The highest BCUT2D eigenvalue weighted by Gasteiger charge is 2.18. The molecule has 0 unspecified atom stereocenters. The lowest BCUT2D eigenvalue weighted by Crippen LogP contribution is -2.32. The fourth-order valence-corrected chi connectivity index (χ4v) is 2.73. The average Bonchev–Trinajstić information content (AvgIpc) is 3.04. The third kappa shape index (κ3) is 4.80. The maximum absolute atomic E-state index is 11.5. The molecule has 0 atom stereocenters. The number of rotatable bonds is 8. The van der Waals surface area contributed by atoms with Gasteiger partial charge in [-0.3, -0.25) is 9.78 Å². The summed E-state index contributed by atoms with van der Waals surface area (Å²) in [5.41, 5.74) is 2.12. The molecule has 1 amide bonds. The number of likely N-dealkylation sites (tertiary alicyclic amines) is 1. The predicted molar refractivity (Wildman–Crippen MR) is 92.5 cm³/mol. The second kappa shape index (κ2) is 8.45. The molecule has 1 N–H and O–H groups in total. The Morgan fingerprint density at radius 1 is 1.17 bits per heavy atom. The second-order valence-electron chi connectivity index (χ2n) is 5.91. The quantitative estimate of drug-likeness (QED) is 0.757. The van der Waals surface area contributed by atoms with Crippen LogP contribution in [-0.4, -0.2) is 35.4 Å². The summed E-state index contributed by atoms with van der Waals surface area (Å²) in [4.78, 5) is 17.7. The zero-order valence-electron chi connectivity index (χ0n) is 13.8. The topological polar surface area (TPSA) is 54.5 Å². The van der Waals surface area contributed by atoms with E-state index in [1.165, 1.54) is 5.56 Å². The molecule has 24 heavy (non-hydrogen) atoms. The number of carbonyl (C=O) groups is 1. The molecule has 1 fully saturated rings. The summed E-state index contributed by atoms with van der Waals surface area (Å²) < 4.78 is 5.72. The van der Waals surface area contributed by atoms with E-state index in [0.717, 1.165) is 44.0 Å². The van der Waals surface area contributed by atoms with Crippen molar-refractivity contribution in [1.82, 2.24) is 15.2 Å². The van der Waals surface area contributed by atoms with Gasteiger partial charge < -0.3 is 15.0 Å². The Morgan fingerprint density at radius 3 is 2.75 bits per heavy atom. The van der Waals surface area contributed by atoms with Gasteiger partial charge in [-0.1, -0.05) is 18.2 Å². The first kappa shape index (κ1) is 16.5. The number of nitrogens with zero attached hydrogens (tertiary/aromatic N) is 2. The molecule has 0 bridgehead atoms. The molecule has 0 radical (unpaired) electrons. The van der Waals surface area contributed by atoms with E-state index >= 15 is 0 Å². The van der Waals surface area contributed by atoms with Crippen molar-refractivity contribution in [3.05, 3.63) is 59.9 Å². The summed E-state index contributed by atoms with van der Waals surface area (Å²) in [6.45, 7) is 3.79. The Kier molecular flexibility index (Phi) is 5.80. The largest absolute Gasteiger partial charge is 0.487 e. The van der Waals surface area contributed by atoms with Crippen molar-refractivity contribution in [2.24, 2.45) is 0 Å². The summed E-state index contributed by atoms with van der Waals surface area (Å²) in [5, 5.41) is 3.38. The molecule has 1 aromatic carbocycles. The minimum atomic E-state index is 0.284. The van der Waals surface area contributed by atoms with Crippen LogP contribution in [0.3, 0.4) is 0 Å². The van der Waals surface area contributed by atoms with Gasteiger partial charge in [0.1, 0.15) is 12.4 Å². The number of aromatic nitrogens is 1. The van der Waals surface area contributed by atoms with Crippen LogP contribution in [0.4, 0.5) is 0 Å². The van der Waals surface area contributed by atoms with E-state index in [-0.39, 0.29) is 5.91 Å². The van der Waals surface area contributed by atoms with Crippen LogP contribution in [0.2, 0.25) is 0 Å². The maximum Gasteiger partial charge on any atom is 0.222 e. The van der Waals surface area contributed by atoms with Crippen molar-refractivity contribution in [2.75, 3.05) is 19.6 Å². The van der Waals surface area contributed by atoms with E-state index in [1.807, 2.05) is 35.2 Å². The molecule has 1 aromatic heterocycles. The van der Waals surface area contributed by atoms with Crippen LogP contribution >= 0.6 is 0 Å². The van der Waals surface area contributed by atoms with E-state index in [4.69, 9.17) is 4.74 Å². The molecular formula is C19H23N3O2. The molecule has 1 saturated heterocycles. The van der Waals surface area contributed by atoms with Crippen LogP contribution in [0.25, 0.3) is 0 Å². The van der Waals surface area contributed by atoms with Gasteiger partial charge in [-0.25, -0.2) is 0 Å². The first-order valence-electron chi connectivity index (χ1n) is 8.41. The number of carbonyl (C=O) groups excluding carboxylic acids is 1. The number of hydrogen-bond acceptors (Lipinski definition) is 4. The number of hydrogen-bond donors (Lipinski definition) is 1. The van der Waals surface area contributed by atoms with Gasteiger partial charge in [0.15, 0.2) is 0 Å². The summed E-state index contributed by atoms with van der Waals surface area (Å²) in [7, 11) is 0. The molecule has 126 valence electrons. The Hall–Kier alpha value is -2.40. The molecule has 1 aliphatic rings. The summed E-state index contributed by atoms with van der Waals surface area (Å²) in [5.74, 6) is 1.12. The summed E-state index contributed by atoms with van der Waals surface area (Å²) >= 11 is 0. The molecule has 0 saturated carbocycles. The van der Waals surface area contributed by atoms with Crippen molar-refractivity contribution < 1.29 is 9.53 Å². The Bertz CT molecular complexity index is 643. The Labute approximate surface area is 142 Å². The molecule has 5 nitrogen and oxygen atoms in total. The summed E-state index contributed by atoms with van der Waals surface area (Å²) in [6.07, 6.45) is 3.47. The van der Waals surface area contributed by atoms with E-state index in [1.54, 1.807) is 6.20 Å². The van der Waals surface area contributed by atoms with Gasteiger partial charge in [0.2, 0.25) is 5.91 Å². The number of ether oxygens (including phenoxy) is 1. The zero-order valence-corrected chi connectivity index (χ0v) is 13.8. The van der Waals surface area contributed by atoms with Gasteiger partial charge in [0, 0.05) is 38.8 Å². The van der Waals surface area contributed by atoms with Crippen molar-refractivity contribution in [1.29, 1.82) is 0 Å². The Balaban J connectivity index is 1.37. The van der Waals surface area contributed by atoms with Gasteiger partial charge in [-0.2, -0.15) is 0 Å². The molecule has 1 aliphatic heterocycles. The van der Waals surface area contributed by atoms with Crippen LogP contribution in [-0.2, 0) is 17.9 Å². The first-order chi connectivity index (χ1) is 11.8. The lowest BCUT2D eigenvalue weighted by molar-refractivity contribution is -0.127. The van der Waals surface area contributed by atoms with Crippen LogP contribution < -0.4 is 10.1 Å². The lowest BCUT2D eigenvalue weighted by atomic mass is 10.2. The average molecular weight is 325 g/mol. The monoisotopic (exact) mass is 325 g/mol. The third-order valence-corrected chi connectivity index (χ3v) is 4.10. The fraction of sp³-hybridized carbons (Fsp3) is 0.368. The highest BCUT2D eigenvalue weighted by molar-refractivity contribution is 5.78. The molecular weight excluding hydrogens is 302 g/mol. The van der Waals surface area contributed by atoms with Crippen LogP contribution in [0.5, 0.6) is 5.75 Å². The number of nitrogens with one attached hydrogen (secondary N) is 1. The number of benzene rings is 1. The van der Waals surface area contributed by atoms with E-state index < -0.39 is 0 Å². The molecule has 3 rings (SSSR count). The third-order valence-electron chi connectivity index (χ3n) is 4.10. The van der Waals surface area contributed by atoms with E-state index in [0.29, 0.717) is 13.0 Å². The molecule has 0 aliphatic carbocycles. The molecule has 2 aromatic rings. The fourth-order valence-electron chi connectivity index (χ4n) is 2.73. The first-order valence-corrected chi connectivity index (χ1v) is 8.41. The highest BCUT2D eigenvalue weighted by Crippen LogP contribution is 2.14. The Morgan fingerprint density at radius 2 is 2.04 bits per heavy atom. The van der Waals surface area contributed by atoms with Crippen molar-refractivity contribution >= 4 is 5.91 Å². The van der Waals surface area contributed by atoms with Crippen LogP contribution in [0, 0.1) is 0 Å². The van der Waals surface area contributed by atoms with Gasteiger partial charge in [-0.05, 0) is 36.2 Å². The summed E-state index contributed by atoms with van der Waals surface area (Å²) in [6, 6.07) is 13.9. The normalized spacial score (nSPS) is 14.2. The molecule has 2 heterocycles. The smallest absolute Gasteiger partial charge is 0.222 e. The zero-order chi connectivity index (χ0) is 16.6. The van der Waals surface area contributed by atoms with Crippen LogP contribution in [0.15, 0.2) is 48.7 Å². The second-order valence-corrected chi connectivity index (χ2v) is 5.91. The number of pyridine rings is 1. The minimum Gasteiger partial charge on any atom is -0.487 e. The van der Waals surface area contributed by atoms with Crippen molar-refractivity contribution in [2.45, 2.75) is 26.0 Å². The van der Waals surface area contributed by atoms with Gasteiger partial charge in [0.05, 0.1) is 5.69 Å². The standard InChI is InChI=1S/C19H23N3O2/c23-19-5-3-12-22(19)13-11-20-14-16-6-8-18(9-7-16)24-15-17-4-1-2-10-21-17/h1-2,4,6-10,20H,3,5,11-15H2. The lowest BCUT2D eigenvalue weighted by Gasteiger charge is -2.15. The van der Waals surface area contributed by atoms with Crippen molar-refractivity contribution in [3.8, 4) is 5.75 Å². The number of amides is 1. The molecule has 0 spiro atoms. The highest BCUT2D eigenvalue weighted by atomic mass is 16.5. The van der Waals surface area contributed by atoms with E-state index in [2.05, 4.69) is 22.4 Å².